The molecule has 0 saturated carbocycles. The fraction of sp³-hybridized carbons (Fsp3) is 0.385. The molecule has 0 atom stereocenters. The van der Waals surface area contributed by atoms with Crippen molar-refractivity contribution in [2.75, 3.05) is 24.5 Å². The Kier molecular flexibility index (Phi) is 7.43. The van der Waals surface area contributed by atoms with Crippen LogP contribution >= 0.6 is 12.2 Å². The van der Waals surface area contributed by atoms with Crippen LogP contribution in [0.5, 0.6) is 0 Å². The van der Waals surface area contributed by atoms with Gasteiger partial charge in [0, 0.05) is 31.7 Å². The lowest BCUT2D eigenvalue weighted by atomic mass is 9.98. The minimum Gasteiger partial charge on any atom is -0.363 e. The van der Waals surface area contributed by atoms with Gasteiger partial charge in [-0.3, -0.25) is 0 Å². The van der Waals surface area contributed by atoms with E-state index in [-0.39, 0.29) is 0 Å². The molecule has 0 bridgehead atoms. The molecule has 2 heterocycles. The molecule has 1 aliphatic heterocycles. The normalized spacial score (nSPS) is 14.4. The van der Waals surface area contributed by atoms with Crippen molar-refractivity contribution >= 4 is 23.2 Å². The standard InChI is InChI=1S/C26H32N4OS/c1-3-27-26(32)30(18-21-10-6-4-7-11-21)19-23-24(22-12-8-5-9-13-22)28-31-25(23)29-16-14-20(2)15-17-29/h4-13,20H,3,14-19H2,1-2H3,(H,27,32). The third kappa shape index (κ3) is 5.30. The Hall–Kier alpha value is -2.86. The lowest BCUT2D eigenvalue weighted by Gasteiger charge is -2.31. The molecule has 6 heteroatoms. The van der Waals surface area contributed by atoms with Gasteiger partial charge < -0.3 is 19.6 Å². The van der Waals surface area contributed by atoms with Crippen molar-refractivity contribution < 1.29 is 4.52 Å². The van der Waals surface area contributed by atoms with Gasteiger partial charge in [-0.15, -0.1) is 0 Å². The minimum atomic E-state index is 0.635. The smallest absolute Gasteiger partial charge is 0.232 e. The van der Waals surface area contributed by atoms with Gasteiger partial charge in [0.05, 0.1) is 12.1 Å². The van der Waals surface area contributed by atoms with Crippen LogP contribution in [0.3, 0.4) is 0 Å². The van der Waals surface area contributed by atoms with E-state index in [0.717, 1.165) is 59.9 Å². The molecule has 1 saturated heterocycles. The maximum absolute atomic E-state index is 6.00. The summed E-state index contributed by atoms with van der Waals surface area (Å²) in [6.45, 7) is 8.53. The molecule has 0 aliphatic carbocycles. The Morgan fingerprint density at radius 2 is 1.72 bits per heavy atom. The molecule has 1 aliphatic rings. The van der Waals surface area contributed by atoms with Crippen molar-refractivity contribution in [2.45, 2.75) is 39.8 Å². The fourth-order valence-corrected chi connectivity index (χ4v) is 4.46. The average molecular weight is 449 g/mol. The SMILES string of the molecule is CCNC(=S)N(Cc1ccccc1)Cc1c(-c2ccccc2)noc1N1CCC(C)CC1. The number of hydrogen-bond acceptors (Lipinski definition) is 4. The summed E-state index contributed by atoms with van der Waals surface area (Å²) in [5, 5.41) is 8.62. The van der Waals surface area contributed by atoms with E-state index in [9.17, 15) is 0 Å². The van der Waals surface area contributed by atoms with Crippen LogP contribution < -0.4 is 10.2 Å². The summed E-state index contributed by atoms with van der Waals surface area (Å²) >= 11 is 5.77. The predicted octanol–water partition coefficient (Wildman–Crippen LogP) is 5.47. The number of benzene rings is 2. The maximum Gasteiger partial charge on any atom is 0.232 e. The van der Waals surface area contributed by atoms with Crippen LogP contribution in [-0.2, 0) is 13.1 Å². The van der Waals surface area contributed by atoms with Crippen LogP contribution in [0.25, 0.3) is 11.3 Å². The second-order valence-electron chi connectivity index (χ2n) is 8.53. The summed E-state index contributed by atoms with van der Waals surface area (Å²) in [6.07, 6.45) is 2.34. The van der Waals surface area contributed by atoms with Crippen molar-refractivity contribution in [3.8, 4) is 11.3 Å². The van der Waals surface area contributed by atoms with Gasteiger partial charge in [-0.25, -0.2) is 0 Å². The molecule has 0 spiro atoms. The summed E-state index contributed by atoms with van der Waals surface area (Å²) in [7, 11) is 0. The number of rotatable bonds is 7. The lowest BCUT2D eigenvalue weighted by Crippen LogP contribution is -2.39. The molecule has 0 amide bonds. The van der Waals surface area contributed by atoms with Crippen LogP contribution in [0, 0.1) is 5.92 Å². The Bertz CT molecular complexity index is 997. The van der Waals surface area contributed by atoms with Gasteiger partial charge in [0.15, 0.2) is 5.11 Å². The molecule has 0 radical (unpaired) electrons. The number of hydrogen-bond donors (Lipinski definition) is 1. The molecule has 1 aromatic heterocycles. The molecule has 5 nitrogen and oxygen atoms in total. The zero-order valence-electron chi connectivity index (χ0n) is 19.0. The highest BCUT2D eigenvalue weighted by Crippen LogP contribution is 2.34. The zero-order chi connectivity index (χ0) is 22.3. The van der Waals surface area contributed by atoms with Crippen LogP contribution in [0.15, 0.2) is 65.2 Å². The molecule has 32 heavy (non-hydrogen) atoms. The Labute approximate surface area is 196 Å². The van der Waals surface area contributed by atoms with E-state index in [1.165, 1.54) is 18.4 Å². The first-order chi connectivity index (χ1) is 15.7. The topological polar surface area (TPSA) is 44.5 Å². The maximum atomic E-state index is 6.00. The molecule has 3 aromatic rings. The molecule has 1 N–H and O–H groups in total. The van der Waals surface area contributed by atoms with Gasteiger partial charge in [0.25, 0.3) is 0 Å². The van der Waals surface area contributed by atoms with E-state index in [0.29, 0.717) is 6.54 Å². The van der Waals surface area contributed by atoms with Gasteiger partial charge in [0.1, 0.15) is 5.69 Å². The number of anilines is 1. The van der Waals surface area contributed by atoms with Crippen molar-refractivity contribution in [3.63, 3.8) is 0 Å². The molecule has 2 aromatic carbocycles. The van der Waals surface area contributed by atoms with E-state index < -0.39 is 0 Å². The van der Waals surface area contributed by atoms with Gasteiger partial charge in [-0.05, 0) is 43.5 Å². The first-order valence-electron chi connectivity index (χ1n) is 11.5. The highest BCUT2D eigenvalue weighted by Gasteiger charge is 2.27. The van der Waals surface area contributed by atoms with Crippen LogP contribution in [0.1, 0.15) is 37.8 Å². The van der Waals surface area contributed by atoms with Crippen LogP contribution in [0.2, 0.25) is 0 Å². The van der Waals surface area contributed by atoms with Gasteiger partial charge in [-0.1, -0.05) is 72.7 Å². The Morgan fingerprint density at radius 1 is 1.06 bits per heavy atom. The number of nitrogens with zero attached hydrogens (tertiary/aromatic N) is 3. The number of piperidine rings is 1. The summed E-state index contributed by atoms with van der Waals surface area (Å²) < 4.78 is 6.00. The van der Waals surface area contributed by atoms with Crippen LogP contribution in [-0.4, -0.2) is 34.8 Å². The minimum absolute atomic E-state index is 0.635. The van der Waals surface area contributed by atoms with E-state index in [2.05, 4.69) is 70.5 Å². The highest BCUT2D eigenvalue weighted by molar-refractivity contribution is 7.80. The Balaban J connectivity index is 1.69. The summed E-state index contributed by atoms with van der Waals surface area (Å²) in [4.78, 5) is 4.56. The predicted molar refractivity (Wildman–Crippen MR) is 135 cm³/mol. The van der Waals surface area contributed by atoms with Crippen molar-refractivity contribution in [2.24, 2.45) is 5.92 Å². The largest absolute Gasteiger partial charge is 0.363 e. The van der Waals surface area contributed by atoms with Crippen LogP contribution in [0.4, 0.5) is 5.88 Å². The second-order valence-corrected chi connectivity index (χ2v) is 8.91. The third-order valence-corrected chi connectivity index (χ3v) is 6.47. The summed E-state index contributed by atoms with van der Waals surface area (Å²) in [5.74, 6) is 1.63. The quantitative estimate of drug-likeness (QED) is 0.483. The molecule has 1 fully saturated rings. The first-order valence-corrected chi connectivity index (χ1v) is 11.9. The van der Waals surface area contributed by atoms with E-state index in [1.807, 2.05) is 24.3 Å². The van der Waals surface area contributed by atoms with Crippen molar-refractivity contribution in [3.05, 3.63) is 71.8 Å². The summed E-state index contributed by atoms with van der Waals surface area (Å²) in [6, 6.07) is 20.7. The second kappa shape index (κ2) is 10.6. The number of nitrogens with one attached hydrogen (secondary N) is 1. The van der Waals surface area contributed by atoms with E-state index >= 15 is 0 Å². The highest BCUT2D eigenvalue weighted by atomic mass is 32.1. The fourth-order valence-electron chi connectivity index (χ4n) is 4.18. The van der Waals surface area contributed by atoms with Gasteiger partial charge >= 0.3 is 0 Å². The molecule has 168 valence electrons. The monoisotopic (exact) mass is 448 g/mol. The zero-order valence-corrected chi connectivity index (χ0v) is 19.8. The number of aromatic nitrogens is 1. The van der Waals surface area contributed by atoms with Gasteiger partial charge in [0.2, 0.25) is 5.88 Å². The third-order valence-electron chi connectivity index (χ3n) is 6.07. The van der Waals surface area contributed by atoms with E-state index in [4.69, 9.17) is 16.7 Å². The Morgan fingerprint density at radius 3 is 2.38 bits per heavy atom. The lowest BCUT2D eigenvalue weighted by molar-refractivity contribution is 0.371. The van der Waals surface area contributed by atoms with Gasteiger partial charge in [-0.2, -0.15) is 0 Å². The van der Waals surface area contributed by atoms with Crippen molar-refractivity contribution in [1.82, 2.24) is 15.4 Å². The first kappa shape index (κ1) is 22.3. The van der Waals surface area contributed by atoms with Crippen molar-refractivity contribution in [1.29, 1.82) is 0 Å². The average Bonchev–Trinajstić information content (AvgIpc) is 3.24. The molecular weight excluding hydrogens is 416 g/mol. The van der Waals surface area contributed by atoms with E-state index in [1.54, 1.807) is 0 Å². The molecular formula is C26H32N4OS. The number of thiocarbonyl (C=S) groups is 1. The molecule has 0 unspecified atom stereocenters. The molecule has 4 rings (SSSR count). The summed E-state index contributed by atoms with van der Waals surface area (Å²) in [5.41, 5.74) is 4.29.